The van der Waals surface area contributed by atoms with Crippen molar-refractivity contribution in [3.8, 4) is 0 Å². The zero-order valence-corrected chi connectivity index (χ0v) is 10.9. The van der Waals surface area contributed by atoms with Crippen LogP contribution in [-0.2, 0) is 11.0 Å². The van der Waals surface area contributed by atoms with Crippen LogP contribution in [0.1, 0.15) is 46.0 Å². The lowest BCUT2D eigenvalue weighted by Crippen LogP contribution is -2.28. The normalized spacial score (nSPS) is 13.0. The molecule has 17 heavy (non-hydrogen) atoms. The minimum absolute atomic E-state index is 0.00183. The number of rotatable bonds is 2. The maximum Gasteiger partial charge on any atom is 0.180 e. The highest BCUT2D eigenvalue weighted by molar-refractivity contribution is 5.13. The van der Waals surface area contributed by atoms with E-state index < -0.39 is 0 Å². The quantitative estimate of drug-likeness (QED) is 0.800. The Bertz CT molecular complexity index is 491. The van der Waals surface area contributed by atoms with Crippen LogP contribution >= 0.6 is 0 Å². The lowest BCUT2D eigenvalue weighted by atomic mass is 9.93. The van der Waals surface area contributed by atoms with Gasteiger partial charge < -0.3 is 4.42 Å². The monoisotopic (exact) mass is 234 g/mol. The Morgan fingerprint density at radius 2 is 1.82 bits per heavy atom. The molecule has 0 aliphatic rings. The van der Waals surface area contributed by atoms with Gasteiger partial charge in [-0.1, -0.05) is 26.0 Å². The van der Waals surface area contributed by atoms with Crippen molar-refractivity contribution in [2.75, 3.05) is 0 Å². The van der Waals surface area contributed by atoms with Gasteiger partial charge in [-0.15, -0.1) is 5.10 Å². The average molecular weight is 234 g/mol. The molecule has 2 aromatic rings. The highest BCUT2D eigenvalue weighted by Gasteiger charge is 2.29. The molecule has 0 N–H and O–H groups in total. The van der Waals surface area contributed by atoms with E-state index in [9.17, 15) is 0 Å². The molecule has 0 spiro atoms. The molecule has 0 fully saturated rings. The molecule has 92 valence electrons. The van der Waals surface area contributed by atoms with Gasteiger partial charge in [-0.25, -0.2) is 9.67 Å². The van der Waals surface area contributed by atoms with Crippen LogP contribution in [0.3, 0.4) is 0 Å². The average Bonchev–Trinajstić information content (AvgIpc) is 2.89. The molecular formula is C12H18N4O. The molecule has 0 radical (unpaired) electrons. The van der Waals surface area contributed by atoms with E-state index in [1.807, 2.05) is 24.7 Å². The molecule has 2 rings (SSSR count). The zero-order valence-electron chi connectivity index (χ0n) is 10.9. The van der Waals surface area contributed by atoms with E-state index >= 15 is 0 Å². The number of hydrogen-bond acceptors (Lipinski definition) is 4. The van der Waals surface area contributed by atoms with Crippen LogP contribution in [0.15, 0.2) is 23.3 Å². The summed E-state index contributed by atoms with van der Waals surface area (Å²) in [5.41, 5.74) is 1.44. The number of hydrogen-bond donors (Lipinski definition) is 0. The summed E-state index contributed by atoms with van der Waals surface area (Å²) in [5, 5.41) is 8.41. The SMILES string of the molecule is CC(C)(C)c1cn(C(C)(C)c2cocn2)nn1. The minimum Gasteiger partial charge on any atom is -0.451 e. The Morgan fingerprint density at radius 1 is 1.12 bits per heavy atom. The Morgan fingerprint density at radius 3 is 2.29 bits per heavy atom. The molecule has 0 saturated heterocycles. The summed E-state index contributed by atoms with van der Waals surface area (Å²) in [6.45, 7) is 10.4. The first-order chi connectivity index (χ1) is 7.82. The number of aromatic nitrogens is 4. The lowest BCUT2D eigenvalue weighted by molar-refractivity contribution is 0.369. The standard InChI is InChI=1S/C12H18N4O/c1-11(2,3)9-6-16(15-14-9)12(4,5)10-7-17-8-13-10/h6-8H,1-5H3. The van der Waals surface area contributed by atoms with Crippen molar-refractivity contribution in [3.63, 3.8) is 0 Å². The summed E-state index contributed by atoms with van der Waals surface area (Å²) in [6.07, 6.45) is 5.03. The van der Waals surface area contributed by atoms with E-state index in [0.29, 0.717) is 0 Å². The van der Waals surface area contributed by atoms with Crippen LogP contribution in [0.5, 0.6) is 0 Å². The van der Waals surface area contributed by atoms with Crippen molar-refractivity contribution >= 4 is 0 Å². The van der Waals surface area contributed by atoms with Gasteiger partial charge in [0, 0.05) is 5.41 Å². The van der Waals surface area contributed by atoms with E-state index in [1.54, 1.807) is 6.26 Å². The second-order valence-corrected chi connectivity index (χ2v) is 5.73. The number of nitrogens with zero attached hydrogens (tertiary/aromatic N) is 4. The first-order valence-electron chi connectivity index (χ1n) is 5.64. The third-order valence-electron chi connectivity index (χ3n) is 2.89. The minimum atomic E-state index is -0.358. The summed E-state index contributed by atoms with van der Waals surface area (Å²) in [5.74, 6) is 0. The van der Waals surface area contributed by atoms with Gasteiger partial charge in [-0.05, 0) is 13.8 Å². The van der Waals surface area contributed by atoms with E-state index in [1.165, 1.54) is 6.39 Å². The highest BCUT2D eigenvalue weighted by atomic mass is 16.3. The molecule has 0 atom stereocenters. The van der Waals surface area contributed by atoms with Crippen molar-refractivity contribution in [1.82, 2.24) is 20.0 Å². The van der Waals surface area contributed by atoms with Crippen molar-refractivity contribution in [2.24, 2.45) is 0 Å². The van der Waals surface area contributed by atoms with Crippen LogP contribution in [-0.4, -0.2) is 20.0 Å². The van der Waals surface area contributed by atoms with Gasteiger partial charge in [-0.2, -0.15) is 0 Å². The van der Waals surface area contributed by atoms with Gasteiger partial charge in [0.15, 0.2) is 6.39 Å². The molecule has 0 aromatic carbocycles. The number of oxazole rings is 1. The molecule has 0 amide bonds. The molecular weight excluding hydrogens is 216 g/mol. The molecule has 0 bridgehead atoms. The molecule has 5 nitrogen and oxygen atoms in total. The first kappa shape index (κ1) is 11.8. The Labute approximate surface area is 101 Å². The third kappa shape index (κ3) is 2.09. The third-order valence-corrected chi connectivity index (χ3v) is 2.89. The zero-order chi connectivity index (χ0) is 12.7. The molecule has 2 heterocycles. The fourth-order valence-corrected chi connectivity index (χ4v) is 1.51. The van der Waals surface area contributed by atoms with Crippen molar-refractivity contribution in [2.45, 2.75) is 45.6 Å². The molecule has 2 aromatic heterocycles. The van der Waals surface area contributed by atoms with E-state index in [-0.39, 0.29) is 11.0 Å². The summed E-state index contributed by atoms with van der Waals surface area (Å²) in [4.78, 5) is 4.18. The molecule has 0 aliphatic carbocycles. The van der Waals surface area contributed by atoms with Crippen molar-refractivity contribution < 1.29 is 4.42 Å². The van der Waals surface area contributed by atoms with Gasteiger partial charge in [0.1, 0.15) is 17.5 Å². The largest absolute Gasteiger partial charge is 0.451 e. The first-order valence-corrected chi connectivity index (χ1v) is 5.64. The predicted molar refractivity (Wildman–Crippen MR) is 63.6 cm³/mol. The van der Waals surface area contributed by atoms with E-state index in [0.717, 1.165) is 11.4 Å². The predicted octanol–water partition coefficient (Wildman–Crippen LogP) is 2.35. The fraction of sp³-hybridized carbons (Fsp3) is 0.583. The van der Waals surface area contributed by atoms with Gasteiger partial charge in [0.2, 0.25) is 0 Å². The second-order valence-electron chi connectivity index (χ2n) is 5.73. The topological polar surface area (TPSA) is 56.7 Å². The summed E-state index contributed by atoms with van der Waals surface area (Å²) in [6, 6.07) is 0. The molecule has 0 aliphatic heterocycles. The van der Waals surface area contributed by atoms with Crippen LogP contribution in [0, 0.1) is 0 Å². The fourth-order valence-electron chi connectivity index (χ4n) is 1.51. The Balaban J connectivity index is 2.38. The van der Waals surface area contributed by atoms with Crippen LogP contribution in [0.25, 0.3) is 0 Å². The Hall–Kier alpha value is -1.65. The van der Waals surface area contributed by atoms with E-state index in [4.69, 9.17) is 4.42 Å². The van der Waals surface area contributed by atoms with Crippen LogP contribution < -0.4 is 0 Å². The summed E-state index contributed by atoms with van der Waals surface area (Å²) in [7, 11) is 0. The smallest absolute Gasteiger partial charge is 0.180 e. The van der Waals surface area contributed by atoms with Crippen LogP contribution in [0.2, 0.25) is 0 Å². The maximum absolute atomic E-state index is 5.02. The van der Waals surface area contributed by atoms with Gasteiger partial charge >= 0.3 is 0 Å². The molecule has 0 saturated carbocycles. The van der Waals surface area contributed by atoms with Gasteiger partial charge in [-0.3, -0.25) is 0 Å². The van der Waals surface area contributed by atoms with Gasteiger partial charge in [0.05, 0.1) is 11.9 Å². The molecule has 0 unspecified atom stereocenters. The maximum atomic E-state index is 5.02. The van der Waals surface area contributed by atoms with Crippen molar-refractivity contribution in [1.29, 1.82) is 0 Å². The lowest BCUT2D eigenvalue weighted by Gasteiger charge is -2.22. The van der Waals surface area contributed by atoms with Crippen LogP contribution in [0.4, 0.5) is 0 Å². The van der Waals surface area contributed by atoms with Gasteiger partial charge in [0.25, 0.3) is 0 Å². The van der Waals surface area contributed by atoms with E-state index in [2.05, 4.69) is 36.1 Å². The van der Waals surface area contributed by atoms with Crippen molar-refractivity contribution in [3.05, 3.63) is 30.2 Å². The highest BCUT2D eigenvalue weighted by Crippen LogP contribution is 2.25. The second kappa shape index (κ2) is 3.68. The summed E-state index contributed by atoms with van der Waals surface area (Å²) < 4.78 is 6.85. The Kier molecular flexibility index (Phi) is 2.56. The molecule has 5 heteroatoms. The summed E-state index contributed by atoms with van der Waals surface area (Å²) >= 11 is 0.